The Morgan fingerprint density at radius 2 is 0.549 bits per heavy atom. The minimum atomic E-state index is -0.783. The van der Waals surface area contributed by atoms with Gasteiger partial charge in [-0.2, -0.15) is 0 Å². The van der Waals surface area contributed by atoms with Gasteiger partial charge in [-0.3, -0.25) is 14.4 Å². The van der Waals surface area contributed by atoms with Crippen LogP contribution in [-0.2, 0) is 28.6 Å². The molecule has 0 aromatic heterocycles. The van der Waals surface area contributed by atoms with Crippen LogP contribution in [0.5, 0.6) is 0 Å². The summed E-state index contributed by atoms with van der Waals surface area (Å²) in [7, 11) is 0. The second-order valence-electron chi connectivity index (χ2n) is 19.9. The van der Waals surface area contributed by atoms with Crippen molar-refractivity contribution in [2.24, 2.45) is 0 Å². The third-order valence-electron chi connectivity index (χ3n) is 12.9. The van der Waals surface area contributed by atoms with Gasteiger partial charge in [-0.15, -0.1) is 0 Å². The van der Waals surface area contributed by atoms with E-state index in [1.165, 1.54) is 135 Å². The molecule has 0 heterocycles. The van der Waals surface area contributed by atoms with Crippen LogP contribution in [0.4, 0.5) is 0 Å². The van der Waals surface area contributed by atoms with Crippen LogP contribution in [0.25, 0.3) is 0 Å². The summed E-state index contributed by atoms with van der Waals surface area (Å²) in [6.07, 6.45) is 77.3. The second-order valence-corrected chi connectivity index (χ2v) is 19.9. The molecule has 6 heteroatoms. The van der Waals surface area contributed by atoms with Gasteiger partial charge in [-0.25, -0.2) is 0 Å². The van der Waals surface area contributed by atoms with Crippen LogP contribution in [0.15, 0.2) is 85.1 Å². The summed E-state index contributed by atoms with van der Waals surface area (Å²) in [4.78, 5) is 38.1. The standard InChI is InChI=1S/C65H112O6/c1-4-7-10-13-16-19-22-24-26-28-29-30-31-32-33-34-35-36-37-38-40-41-43-46-49-52-55-58-64(67)70-61-62(60-69-63(66)57-54-51-48-45-21-18-15-12-9-6-3)71-65(68)59-56-53-50-47-44-42-39-27-25-23-20-17-14-11-8-5-2/h7,10,16,19-20,23-24,26-27,29-30,32-33,39,62H,4-6,8-9,11-15,17-18,21-22,25,28,31,34-38,40-61H2,1-3H3/b10-7-,19-16-,23-20-,26-24-,30-29-,33-32-,39-27-. The van der Waals surface area contributed by atoms with Crippen LogP contribution in [0.2, 0.25) is 0 Å². The number of carbonyl (C=O) groups excluding carboxylic acids is 3. The van der Waals surface area contributed by atoms with E-state index in [1.807, 2.05) is 0 Å². The molecule has 0 spiro atoms. The van der Waals surface area contributed by atoms with E-state index in [4.69, 9.17) is 14.2 Å². The maximum absolute atomic E-state index is 12.8. The summed E-state index contributed by atoms with van der Waals surface area (Å²) >= 11 is 0. The van der Waals surface area contributed by atoms with Crippen LogP contribution in [0.3, 0.4) is 0 Å². The Morgan fingerprint density at radius 3 is 0.873 bits per heavy atom. The smallest absolute Gasteiger partial charge is 0.306 e. The van der Waals surface area contributed by atoms with Gasteiger partial charge in [0.15, 0.2) is 6.10 Å². The van der Waals surface area contributed by atoms with Gasteiger partial charge < -0.3 is 14.2 Å². The first-order chi connectivity index (χ1) is 35.0. The van der Waals surface area contributed by atoms with Gasteiger partial charge >= 0.3 is 17.9 Å². The molecule has 0 fully saturated rings. The van der Waals surface area contributed by atoms with Crippen LogP contribution in [-0.4, -0.2) is 37.2 Å². The molecule has 0 aliphatic carbocycles. The third-order valence-corrected chi connectivity index (χ3v) is 12.9. The van der Waals surface area contributed by atoms with Gasteiger partial charge in [0, 0.05) is 19.3 Å². The topological polar surface area (TPSA) is 78.9 Å². The molecule has 0 saturated heterocycles. The summed E-state index contributed by atoms with van der Waals surface area (Å²) < 4.78 is 16.8. The molecule has 1 atom stereocenters. The molecule has 71 heavy (non-hydrogen) atoms. The van der Waals surface area contributed by atoms with E-state index in [-0.39, 0.29) is 31.1 Å². The largest absolute Gasteiger partial charge is 0.462 e. The van der Waals surface area contributed by atoms with Crippen molar-refractivity contribution in [3.63, 3.8) is 0 Å². The van der Waals surface area contributed by atoms with Crippen molar-refractivity contribution in [3.05, 3.63) is 85.1 Å². The highest BCUT2D eigenvalue weighted by molar-refractivity contribution is 5.71. The van der Waals surface area contributed by atoms with Crippen LogP contribution in [0.1, 0.15) is 290 Å². The summed E-state index contributed by atoms with van der Waals surface area (Å²) in [5, 5.41) is 0. The van der Waals surface area contributed by atoms with E-state index in [2.05, 4.69) is 106 Å². The predicted molar refractivity (Wildman–Crippen MR) is 307 cm³/mol. The highest BCUT2D eigenvalue weighted by Crippen LogP contribution is 2.16. The Bertz CT molecular complexity index is 1370. The summed E-state index contributed by atoms with van der Waals surface area (Å²) in [6.45, 7) is 6.50. The van der Waals surface area contributed by atoms with Crippen LogP contribution in [0, 0.1) is 0 Å². The Morgan fingerprint density at radius 1 is 0.296 bits per heavy atom. The van der Waals surface area contributed by atoms with Crippen molar-refractivity contribution in [1.29, 1.82) is 0 Å². The molecule has 0 rings (SSSR count). The van der Waals surface area contributed by atoms with Crippen LogP contribution >= 0.6 is 0 Å². The molecule has 0 aliphatic heterocycles. The van der Waals surface area contributed by atoms with Crippen LogP contribution < -0.4 is 0 Å². The predicted octanol–water partition coefficient (Wildman–Crippen LogP) is 20.3. The average Bonchev–Trinajstić information content (AvgIpc) is 3.37. The van der Waals surface area contributed by atoms with Gasteiger partial charge in [-0.05, 0) is 96.3 Å². The molecular weight excluding hydrogens is 877 g/mol. The molecule has 0 bridgehead atoms. The molecule has 408 valence electrons. The lowest BCUT2D eigenvalue weighted by Crippen LogP contribution is -2.30. The Kier molecular flexibility index (Phi) is 56.3. The molecule has 0 aromatic rings. The first-order valence-electron chi connectivity index (χ1n) is 30.1. The molecule has 0 aromatic carbocycles. The van der Waals surface area contributed by atoms with Gasteiger partial charge in [0.2, 0.25) is 0 Å². The number of esters is 3. The lowest BCUT2D eigenvalue weighted by molar-refractivity contribution is -0.167. The van der Waals surface area contributed by atoms with Gasteiger partial charge in [-0.1, -0.05) is 260 Å². The number of hydrogen-bond donors (Lipinski definition) is 0. The average molecular weight is 990 g/mol. The summed E-state index contributed by atoms with van der Waals surface area (Å²) in [5.41, 5.74) is 0. The number of carbonyl (C=O) groups is 3. The monoisotopic (exact) mass is 989 g/mol. The number of ether oxygens (including phenoxy) is 3. The fourth-order valence-electron chi connectivity index (χ4n) is 8.38. The van der Waals surface area contributed by atoms with Crippen molar-refractivity contribution in [2.75, 3.05) is 13.2 Å². The SMILES string of the molecule is CC/C=C\C/C=C\C/C=C\C/C=C\C/C=C\CCCCCCCCCCCCCC(=O)OCC(COC(=O)CCCCCCCCCCCC)OC(=O)CCCCCCC/C=C\C/C=C\CCCCCC. The molecule has 0 radical (unpaired) electrons. The number of hydrogen-bond acceptors (Lipinski definition) is 6. The molecule has 0 N–H and O–H groups in total. The van der Waals surface area contributed by atoms with Crippen molar-refractivity contribution in [2.45, 2.75) is 297 Å². The highest BCUT2D eigenvalue weighted by atomic mass is 16.6. The zero-order valence-electron chi connectivity index (χ0n) is 46.7. The lowest BCUT2D eigenvalue weighted by Gasteiger charge is -2.18. The zero-order chi connectivity index (χ0) is 51.4. The molecule has 0 saturated carbocycles. The minimum absolute atomic E-state index is 0.0804. The fourth-order valence-corrected chi connectivity index (χ4v) is 8.38. The fraction of sp³-hybridized carbons (Fsp3) is 0.738. The van der Waals surface area contributed by atoms with E-state index in [1.54, 1.807) is 0 Å². The van der Waals surface area contributed by atoms with Crippen molar-refractivity contribution in [3.8, 4) is 0 Å². The highest BCUT2D eigenvalue weighted by Gasteiger charge is 2.19. The minimum Gasteiger partial charge on any atom is -0.462 e. The maximum atomic E-state index is 12.8. The van der Waals surface area contributed by atoms with E-state index < -0.39 is 6.10 Å². The third kappa shape index (κ3) is 57.4. The molecular formula is C65H112O6. The van der Waals surface area contributed by atoms with Crippen molar-refractivity contribution in [1.82, 2.24) is 0 Å². The first-order valence-corrected chi connectivity index (χ1v) is 30.1. The Labute approximate surface area is 439 Å². The van der Waals surface area contributed by atoms with Gasteiger partial charge in [0.1, 0.15) is 13.2 Å². The summed E-state index contributed by atoms with van der Waals surface area (Å²) in [6, 6.07) is 0. The van der Waals surface area contributed by atoms with E-state index in [0.717, 1.165) is 116 Å². The van der Waals surface area contributed by atoms with E-state index >= 15 is 0 Å². The quantitative estimate of drug-likeness (QED) is 0.0261. The second kappa shape index (κ2) is 59.2. The molecule has 6 nitrogen and oxygen atoms in total. The number of unbranched alkanes of at least 4 members (excludes halogenated alkanes) is 29. The Balaban J connectivity index is 4.24. The van der Waals surface area contributed by atoms with E-state index in [9.17, 15) is 14.4 Å². The van der Waals surface area contributed by atoms with Gasteiger partial charge in [0.25, 0.3) is 0 Å². The van der Waals surface area contributed by atoms with E-state index in [0.29, 0.717) is 19.3 Å². The van der Waals surface area contributed by atoms with Crippen molar-refractivity contribution >= 4 is 17.9 Å². The van der Waals surface area contributed by atoms with Gasteiger partial charge in [0.05, 0.1) is 0 Å². The molecule has 0 aliphatic rings. The lowest BCUT2D eigenvalue weighted by atomic mass is 10.0. The number of allylic oxidation sites excluding steroid dienone is 14. The first kappa shape index (κ1) is 67.6. The van der Waals surface area contributed by atoms with Crippen molar-refractivity contribution < 1.29 is 28.6 Å². The Hall–Kier alpha value is -3.41. The number of rotatable bonds is 54. The maximum Gasteiger partial charge on any atom is 0.306 e. The zero-order valence-corrected chi connectivity index (χ0v) is 46.7. The molecule has 0 amide bonds. The normalized spacial score (nSPS) is 12.7. The molecule has 1 unspecified atom stereocenters. The summed E-state index contributed by atoms with van der Waals surface area (Å²) in [5.74, 6) is -0.891.